The monoisotopic (exact) mass is 1070 g/mol. The molecule has 0 aromatic carbocycles. The highest BCUT2D eigenvalue weighted by Gasteiger charge is 2.43. The lowest BCUT2D eigenvalue weighted by molar-refractivity contribution is -0.126. The van der Waals surface area contributed by atoms with Crippen molar-refractivity contribution in [2.45, 2.75) is 251 Å². The topological polar surface area (TPSA) is 262 Å². The first-order valence-corrected chi connectivity index (χ1v) is 22.9. The van der Waals surface area contributed by atoms with E-state index in [9.17, 15) is 33.6 Å². The Kier molecular flexibility index (Phi) is 231. The summed E-state index contributed by atoms with van der Waals surface area (Å²) in [5, 5.41) is 2.25. The van der Waals surface area contributed by atoms with Gasteiger partial charge >= 0.3 is 6.09 Å². The Morgan fingerprint density at radius 1 is 0.658 bits per heavy atom. The minimum absolute atomic E-state index is 0. The van der Waals surface area contributed by atoms with Crippen LogP contribution in [0.1, 0.15) is 246 Å². The number of aldehydes is 1. The van der Waals surface area contributed by atoms with Crippen LogP contribution in [0.3, 0.4) is 0 Å². The first-order valence-electron chi connectivity index (χ1n) is 22.9. The molecule has 1 rings (SSSR count). The number of carbonyl (C=O) groups is 10. The number of ether oxygens (including phenoxy) is 3. The van der Waals surface area contributed by atoms with E-state index in [1.807, 2.05) is 96.9 Å². The summed E-state index contributed by atoms with van der Waals surface area (Å²) >= 11 is 0. The number of hydrogen-bond acceptors (Lipinski definition) is 13. The molecule has 0 aromatic heterocycles. The number of nitrogens with two attached hydrogens (primary N) is 2. The van der Waals surface area contributed by atoms with Crippen molar-refractivity contribution in [1.29, 1.82) is 0 Å². The van der Waals surface area contributed by atoms with Crippen LogP contribution in [0.25, 0.3) is 0 Å². The van der Waals surface area contributed by atoms with Gasteiger partial charge in [0.2, 0.25) is 12.3 Å². The molecule has 17 heteroatoms. The number of hydrogen-bond donors (Lipinski definition) is 3. The molecule has 1 aliphatic heterocycles. The summed E-state index contributed by atoms with van der Waals surface area (Å²) in [6.07, 6.45) is 2.01. The first-order chi connectivity index (χ1) is 30.3. The smallest absolute Gasteiger partial charge is 0.404 e. The van der Waals surface area contributed by atoms with Crippen molar-refractivity contribution in [3.63, 3.8) is 0 Å². The Labute approximate surface area is 461 Å². The average molecular weight is 1070 g/mol. The van der Waals surface area contributed by atoms with Crippen LogP contribution < -0.4 is 16.8 Å². The summed E-state index contributed by atoms with van der Waals surface area (Å²) in [5.74, 6) is 2.19. The fourth-order valence-electron chi connectivity index (χ4n) is 2.60. The molecule has 16 nitrogen and oxygen atoms in total. The van der Waals surface area contributed by atoms with Gasteiger partial charge in [0.05, 0.1) is 26.9 Å². The summed E-state index contributed by atoms with van der Waals surface area (Å²) in [4.78, 5) is 96.0. The van der Waals surface area contributed by atoms with Crippen molar-refractivity contribution in [3.8, 4) is 0 Å². The van der Waals surface area contributed by atoms with Crippen LogP contribution in [0.5, 0.6) is 0 Å². The van der Waals surface area contributed by atoms with E-state index in [1.165, 1.54) is 55.8 Å². The molecule has 0 aliphatic carbocycles. The van der Waals surface area contributed by atoms with Gasteiger partial charge in [0.25, 0.3) is 6.47 Å². The van der Waals surface area contributed by atoms with Crippen LogP contribution in [0.4, 0.5) is 4.79 Å². The molecule has 0 saturated carbocycles. The van der Waals surface area contributed by atoms with Crippen molar-refractivity contribution < 1.29 is 63.6 Å². The molecule has 3 amide bonds. The van der Waals surface area contributed by atoms with E-state index < -0.39 is 6.09 Å². The van der Waals surface area contributed by atoms with Crippen molar-refractivity contribution in [2.24, 2.45) is 46.5 Å². The van der Waals surface area contributed by atoms with Gasteiger partial charge in [-0.2, -0.15) is 0 Å². The van der Waals surface area contributed by atoms with E-state index >= 15 is 0 Å². The van der Waals surface area contributed by atoms with E-state index in [-0.39, 0.29) is 118 Å². The Balaban J connectivity index is -0.0000000206. The van der Waals surface area contributed by atoms with Gasteiger partial charge in [-0.15, -0.1) is 0 Å². The van der Waals surface area contributed by atoms with Crippen LogP contribution in [0, 0.1) is 35.0 Å². The fourth-order valence-corrected chi connectivity index (χ4v) is 2.60. The molecule has 1 fully saturated rings. The lowest BCUT2D eigenvalue weighted by Gasteiger charge is -2.36. The lowest BCUT2D eigenvalue weighted by atomic mass is 9.71. The Morgan fingerprint density at radius 2 is 0.836 bits per heavy atom. The number of amides is 3. The standard InChI is InChI=1S/C14H26O2.2C5H10O.2C3H6O.C2H5NO2.2C2H5NO.C2H4O2.C2H4O.5C2H6.6CH4.B.H2/c1-7-14(5,6)10(3)13-9(2)12(8-16-13)11(4)15;2*1-4(2)5(3)6;2*1-3(2)4;1-5-2(3)4;1-3-2-4;1-2(3)4;1-4-2-3;1-2-3;5*1-2;;;;;;;;/h9-10,12-13H,7-8H2,1-6H3;2*4H,1-3H3;2*1-2H3;1H3,(H2,3,4);2H,1H3,(H,3,4);1H3,(H2,3,4);2H,1H3;2H,1H3;5*1-2H3;6*1H4;;1H/t9-,10?,12+,13?;;;;;;;;;;;;;;;;;;;;;;/m0....................../s1/i;;;;;;;;;;;;;;;;;;;;;;1+1. The molecule has 1 heterocycles. The molecule has 0 spiro atoms. The first kappa shape index (κ1) is 138. The Bertz CT molecular complexity index is 1000. The van der Waals surface area contributed by atoms with Crippen LogP contribution in [0.15, 0.2) is 0 Å². The highest BCUT2D eigenvalue weighted by Crippen LogP contribution is 2.41. The second-order valence-electron chi connectivity index (χ2n) is 13.5. The number of primary amides is 2. The van der Waals surface area contributed by atoms with E-state index in [1.54, 1.807) is 27.8 Å². The van der Waals surface area contributed by atoms with Crippen LogP contribution in [-0.4, -0.2) is 102 Å². The molecule has 0 bridgehead atoms. The minimum Gasteiger partial charge on any atom is -0.471 e. The lowest BCUT2D eigenvalue weighted by Crippen LogP contribution is -2.35. The molecule has 5 N–H and O–H groups in total. The third kappa shape index (κ3) is 206. The van der Waals surface area contributed by atoms with Crippen LogP contribution in [0.2, 0.25) is 0 Å². The SMILES string of the molecule is C.C.C.C.C.C.CC.CC.CC.CC.CC.CC(=O)C(C)C.CC(=O)C(C)C.CC(C)=O.CC(C)=O.CC(N)=O.CC=O.CCC(C)(C)C(C)C1OC[C@@H](C(C)=O)[C@@H]1C.CNC=O.COC(N)=O.COC=O.[2HH].[B]. The summed E-state index contributed by atoms with van der Waals surface area (Å²) < 4.78 is 13.6. The molecule has 3 radical (unpaired) electrons. The normalized spacial score (nSPS) is 11.4. The van der Waals surface area contributed by atoms with Crippen molar-refractivity contribution in [2.75, 3.05) is 27.9 Å². The van der Waals surface area contributed by atoms with Crippen molar-refractivity contribution in [1.82, 2.24) is 5.32 Å². The van der Waals surface area contributed by atoms with Crippen LogP contribution in [-0.2, 0) is 57.4 Å². The summed E-state index contributed by atoms with van der Waals surface area (Å²) in [5.41, 5.74) is 9.19. The van der Waals surface area contributed by atoms with Crippen molar-refractivity contribution in [3.05, 3.63) is 0 Å². The zero-order chi connectivity index (χ0) is 57.4. The van der Waals surface area contributed by atoms with Gasteiger partial charge in [0.15, 0.2) is 0 Å². The van der Waals surface area contributed by atoms with E-state index in [2.05, 4.69) is 60.9 Å². The van der Waals surface area contributed by atoms with Gasteiger partial charge in [-0.25, -0.2) is 4.79 Å². The molecule has 1 aliphatic rings. The second kappa shape index (κ2) is 122. The predicted molar refractivity (Wildman–Crippen MR) is 326 cm³/mol. The predicted octanol–water partition coefficient (Wildman–Crippen LogP) is 14.3. The largest absolute Gasteiger partial charge is 0.471 e. The highest BCUT2D eigenvalue weighted by atomic mass is 16.5. The number of nitrogens with one attached hydrogen (secondary N) is 1. The Hall–Kier alpha value is -4.28. The minimum atomic E-state index is -0.745. The van der Waals surface area contributed by atoms with Gasteiger partial charge in [-0.05, 0) is 72.6 Å². The maximum Gasteiger partial charge on any atom is 0.404 e. The van der Waals surface area contributed by atoms with Gasteiger partial charge < -0.3 is 45.4 Å². The zero-order valence-corrected chi connectivity index (χ0v) is 49.1. The molecule has 0 aromatic rings. The van der Waals surface area contributed by atoms with Gasteiger partial charge in [0, 0.05) is 41.6 Å². The van der Waals surface area contributed by atoms with Crippen molar-refractivity contribution >= 4 is 68.5 Å². The van der Waals surface area contributed by atoms with Gasteiger partial charge in [0.1, 0.15) is 35.2 Å². The summed E-state index contributed by atoms with van der Waals surface area (Å²) in [7, 11) is 4.10. The van der Waals surface area contributed by atoms with Gasteiger partial charge in [-0.3, -0.25) is 28.8 Å². The number of Topliss-reactive ketones (excluding diaryl/α,β-unsaturated/α-hetero) is 5. The average Bonchev–Trinajstić information content (AvgIpc) is 3.65. The van der Waals surface area contributed by atoms with Gasteiger partial charge in [-0.1, -0.05) is 183 Å². The van der Waals surface area contributed by atoms with E-state index in [0.29, 0.717) is 31.3 Å². The molecule has 1 saturated heterocycles. The quantitative estimate of drug-likeness (QED) is 0.151. The molecule has 457 valence electrons. The third-order valence-corrected chi connectivity index (χ3v) is 6.82. The summed E-state index contributed by atoms with van der Waals surface area (Å²) in [6.45, 7) is 53.5. The van der Waals surface area contributed by atoms with E-state index in [4.69, 9.17) is 19.1 Å². The molecular weight excluding hydrogens is 933 g/mol. The van der Waals surface area contributed by atoms with E-state index in [0.717, 1.165) is 12.7 Å². The molecule has 4 atom stereocenters. The third-order valence-electron chi connectivity index (χ3n) is 6.82. The number of ketones is 5. The maximum absolute atomic E-state index is 11.5. The molecule has 2 unspecified atom stereocenters. The van der Waals surface area contributed by atoms with Crippen LogP contribution >= 0.6 is 0 Å². The molecule has 73 heavy (non-hydrogen) atoms. The number of carbonyl (C=O) groups excluding carboxylic acids is 10. The zero-order valence-electron chi connectivity index (χ0n) is 49.1. The Morgan fingerprint density at radius 3 is 0.918 bits per heavy atom. The fraction of sp³-hybridized carbons (Fsp3) is 0.821. The molecular formula is C56H137BN3O13. The number of rotatable bonds is 8. The number of methoxy groups -OCH3 is 2. The summed E-state index contributed by atoms with van der Waals surface area (Å²) in [6, 6.07) is 0. The maximum atomic E-state index is 11.5. The highest BCUT2D eigenvalue weighted by molar-refractivity contribution is 5.79. The second-order valence-corrected chi connectivity index (χ2v) is 13.5.